The highest BCUT2D eigenvalue weighted by Crippen LogP contribution is 2.30. The molecule has 2 aromatic rings. The average Bonchev–Trinajstić information content (AvgIpc) is 2.93. The maximum absolute atomic E-state index is 5.88. The smallest absolute Gasteiger partial charge is 0.161 e. The van der Waals surface area contributed by atoms with Crippen LogP contribution in [-0.4, -0.2) is 16.7 Å². The lowest BCUT2D eigenvalue weighted by Crippen LogP contribution is -2.08. The highest BCUT2D eigenvalue weighted by atomic mass is 16.5. The van der Waals surface area contributed by atoms with Crippen molar-refractivity contribution in [2.45, 2.75) is 39.5 Å². The molecule has 114 valence electrons. The summed E-state index contributed by atoms with van der Waals surface area (Å²) < 4.78 is 13.3. The van der Waals surface area contributed by atoms with Crippen LogP contribution in [0.4, 0.5) is 0 Å². The Morgan fingerprint density at radius 2 is 2.00 bits per heavy atom. The first-order chi connectivity index (χ1) is 10.0. The van der Waals surface area contributed by atoms with Crippen LogP contribution in [0.5, 0.6) is 11.5 Å². The fourth-order valence-electron chi connectivity index (χ4n) is 2.15. The molecule has 0 spiro atoms. The highest BCUT2D eigenvalue weighted by molar-refractivity contribution is 5.43. The molecule has 0 fully saturated rings. The minimum Gasteiger partial charge on any atom is -0.493 e. The first kappa shape index (κ1) is 15.4. The minimum absolute atomic E-state index is 0.0321. The van der Waals surface area contributed by atoms with Crippen LogP contribution in [0.25, 0.3) is 0 Å². The minimum atomic E-state index is -0.0321. The van der Waals surface area contributed by atoms with Gasteiger partial charge >= 0.3 is 0 Å². The molecule has 0 saturated heterocycles. The second-order valence-corrected chi connectivity index (χ2v) is 5.37. The van der Waals surface area contributed by atoms with Gasteiger partial charge in [0.15, 0.2) is 11.5 Å². The Morgan fingerprint density at radius 1 is 1.24 bits per heavy atom. The second kappa shape index (κ2) is 6.63. The third kappa shape index (κ3) is 3.55. The zero-order valence-electron chi connectivity index (χ0n) is 13.0. The van der Waals surface area contributed by atoms with E-state index in [2.05, 4.69) is 23.4 Å². The van der Waals surface area contributed by atoms with Crippen LogP contribution < -0.4 is 15.2 Å². The van der Waals surface area contributed by atoms with Gasteiger partial charge in [-0.1, -0.05) is 6.07 Å². The van der Waals surface area contributed by atoms with Crippen molar-refractivity contribution in [2.75, 3.05) is 7.11 Å². The molecule has 0 aliphatic rings. The van der Waals surface area contributed by atoms with E-state index in [1.807, 2.05) is 37.6 Å². The van der Waals surface area contributed by atoms with Crippen LogP contribution in [-0.2, 0) is 6.61 Å². The van der Waals surface area contributed by atoms with E-state index in [9.17, 15) is 0 Å². The molecule has 1 heterocycles. The lowest BCUT2D eigenvalue weighted by Gasteiger charge is -2.15. The SMILES string of the molecule is COc1cc([C@@H](C)N)ccc1OCc1cncn1C(C)C. The summed E-state index contributed by atoms with van der Waals surface area (Å²) in [5.74, 6) is 1.40. The van der Waals surface area contributed by atoms with Gasteiger partial charge in [0.1, 0.15) is 6.61 Å². The summed E-state index contributed by atoms with van der Waals surface area (Å²) >= 11 is 0. The topological polar surface area (TPSA) is 62.3 Å². The van der Waals surface area contributed by atoms with E-state index in [0.717, 1.165) is 11.3 Å². The Labute approximate surface area is 125 Å². The lowest BCUT2D eigenvalue weighted by atomic mass is 10.1. The fourth-order valence-corrected chi connectivity index (χ4v) is 2.15. The van der Waals surface area contributed by atoms with Crippen molar-refractivity contribution in [2.24, 2.45) is 5.73 Å². The Hall–Kier alpha value is -2.01. The molecule has 2 rings (SSSR count). The largest absolute Gasteiger partial charge is 0.493 e. The van der Waals surface area contributed by atoms with Gasteiger partial charge in [0, 0.05) is 12.1 Å². The molecular weight excluding hydrogens is 266 g/mol. The van der Waals surface area contributed by atoms with Crippen molar-refractivity contribution in [3.63, 3.8) is 0 Å². The van der Waals surface area contributed by atoms with Crippen LogP contribution in [0.2, 0.25) is 0 Å². The van der Waals surface area contributed by atoms with Crippen molar-refractivity contribution in [1.82, 2.24) is 9.55 Å². The lowest BCUT2D eigenvalue weighted by molar-refractivity contribution is 0.273. The Bertz CT molecular complexity index is 591. The third-order valence-corrected chi connectivity index (χ3v) is 3.39. The number of benzene rings is 1. The van der Waals surface area contributed by atoms with Crippen molar-refractivity contribution in [3.8, 4) is 11.5 Å². The molecule has 2 N–H and O–H groups in total. The summed E-state index contributed by atoms with van der Waals surface area (Å²) in [6.45, 7) is 6.62. The maximum Gasteiger partial charge on any atom is 0.161 e. The number of hydrogen-bond donors (Lipinski definition) is 1. The van der Waals surface area contributed by atoms with Crippen molar-refractivity contribution >= 4 is 0 Å². The second-order valence-electron chi connectivity index (χ2n) is 5.37. The van der Waals surface area contributed by atoms with Gasteiger partial charge in [-0.3, -0.25) is 0 Å². The van der Waals surface area contributed by atoms with Gasteiger partial charge in [0.05, 0.1) is 25.3 Å². The Balaban J connectivity index is 2.14. The van der Waals surface area contributed by atoms with Crippen molar-refractivity contribution in [1.29, 1.82) is 0 Å². The summed E-state index contributed by atoms with van der Waals surface area (Å²) in [7, 11) is 1.63. The third-order valence-electron chi connectivity index (χ3n) is 3.39. The standard InChI is InChI=1S/C16H23N3O2/c1-11(2)19-10-18-8-14(19)9-21-15-6-5-13(12(3)17)7-16(15)20-4/h5-8,10-12H,9,17H2,1-4H3/t12-/m1/s1. The first-order valence-electron chi connectivity index (χ1n) is 7.10. The number of imidazole rings is 1. The molecule has 0 aliphatic carbocycles. The van der Waals surface area contributed by atoms with E-state index in [1.54, 1.807) is 7.11 Å². The summed E-state index contributed by atoms with van der Waals surface area (Å²) in [6.07, 6.45) is 3.64. The van der Waals surface area contributed by atoms with E-state index < -0.39 is 0 Å². The fraction of sp³-hybridized carbons (Fsp3) is 0.438. The molecule has 0 saturated carbocycles. The number of ether oxygens (including phenoxy) is 2. The predicted molar refractivity (Wildman–Crippen MR) is 82.5 cm³/mol. The zero-order chi connectivity index (χ0) is 15.4. The zero-order valence-corrected chi connectivity index (χ0v) is 13.0. The van der Waals surface area contributed by atoms with Gasteiger partial charge in [-0.2, -0.15) is 0 Å². The molecular formula is C16H23N3O2. The van der Waals surface area contributed by atoms with Gasteiger partial charge in [-0.25, -0.2) is 4.98 Å². The number of nitrogens with two attached hydrogens (primary N) is 1. The van der Waals surface area contributed by atoms with Crippen LogP contribution in [0.1, 0.15) is 44.1 Å². The molecule has 0 aliphatic heterocycles. The van der Waals surface area contributed by atoms with Crippen LogP contribution in [0.15, 0.2) is 30.7 Å². The highest BCUT2D eigenvalue weighted by Gasteiger charge is 2.10. The number of aromatic nitrogens is 2. The number of nitrogens with zero attached hydrogens (tertiary/aromatic N) is 2. The Kier molecular flexibility index (Phi) is 4.85. The van der Waals surface area contributed by atoms with Gasteiger partial charge in [-0.15, -0.1) is 0 Å². The van der Waals surface area contributed by atoms with Crippen molar-refractivity contribution in [3.05, 3.63) is 42.0 Å². The number of methoxy groups -OCH3 is 1. The summed E-state index contributed by atoms with van der Waals surface area (Å²) in [6, 6.07) is 6.10. The molecule has 0 unspecified atom stereocenters. The average molecular weight is 289 g/mol. The van der Waals surface area contributed by atoms with Crippen molar-refractivity contribution < 1.29 is 9.47 Å². The van der Waals surface area contributed by atoms with Gasteiger partial charge in [-0.05, 0) is 38.5 Å². The van der Waals surface area contributed by atoms with Gasteiger partial charge in [0.25, 0.3) is 0 Å². The Morgan fingerprint density at radius 3 is 2.62 bits per heavy atom. The molecule has 0 amide bonds. The molecule has 5 nitrogen and oxygen atoms in total. The first-order valence-corrected chi connectivity index (χ1v) is 7.10. The van der Waals surface area contributed by atoms with Gasteiger partial charge < -0.3 is 19.8 Å². The molecule has 0 radical (unpaired) electrons. The van der Waals surface area contributed by atoms with E-state index in [-0.39, 0.29) is 6.04 Å². The quantitative estimate of drug-likeness (QED) is 0.887. The van der Waals surface area contributed by atoms with Crippen LogP contribution in [0, 0.1) is 0 Å². The summed E-state index contributed by atoms with van der Waals surface area (Å²) in [5.41, 5.74) is 7.93. The van der Waals surface area contributed by atoms with Crippen LogP contribution in [0.3, 0.4) is 0 Å². The molecule has 1 aromatic carbocycles. The molecule has 0 bridgehead atoms. The summed E-state index contributed by atoms with van der Waals surface area (Å²) in [4.78, 5) is 4.17. The van der Waals surface area contributed by atoms with E-state index in [1.165, 1.54) is 0 Å². The van der Waals surface area contributed by atoms with E-state index in [0.29, 0.717) is 24.1 Å². The predicted octanol–water partition coefficient (Wildman–Crippen LogP) is 3.07. The molecule has 21 heavy (non-hydrogen) atoms. The van der Waals surface area contributed by atoms with Gasteiger partial charge in [0.2, 0.25) is 0 Å². The number of rotatable bonds is 6. The molecule has 1 aromatic heterocycles. The van der Waals surface area contributed by atoms with E-state index in [4.69, 9.17) is 15.2 Å². The summed E-state index contributed by atoms with van der Waals surface area (Å²) in [5, 5.41) is 0. The maximum atomic E-state index is 5.88. The van der Waals surface area contributed by atoms with Crippen LogP contribution >= 0.6 is 0 Å². The number of hydrogen-bond acceptors (Lipinski definition) is 4. The molecule has 1 atom stereocenters. The molecule has 5 heteroatoms. The monoisotopic (exact) mass is 289 g/mol. The van der Waals surface area contributed by atoms with E-state index >= 15 is 0 Å². The normalized spacial score (nSPS) is 12.5.